The molecule has 0 saturated carbocycles. The van der Waals surface area contributed by atoms with Crippen LogP contribution in [0.3, 0.4) is 0 Å². The van der Waals surface area contributed by atoms with Gasteiger partial charge in [-0.1, -0.05) is 6.07 Å². The minimum Gasteiger partial charge on any atom is -0.495 e. The Kier molecular flexibility index (Phi) is 6.04. The molecular weight excluding hydrogens is 395 g/mol. The maximum atomic E-state index is 13.6. The summed E-state index contributed by atoms with van der Waals surface area (Å²) < 4.78 is 44.2. The molecule has 3 aromatic rings. The van der Waals surface area contributed by atoms with Crippen molar-refractivity contribution in [1.82, 2.24) is 4.98 Å². The van der Waals surface area contributed by atoms with Crippen molar-refractivity contribution in [3.8, 4) is 5.75 Å². The Labute approximate surface area is 167 Å². The number of hydrogen-bond acceptors (Lipinski definition) is 5. The van der Waals surface area contributed by atoms with Crippen molar-refractivity contribution in [2.75, 3.05) is 12.4 Å². The lowest BCUT2D eigenvalue weighted by Crippen LogP contribution is -2.08. The molecule has 1 amide bonds. The van der Waals surface area contributed by atoms with Crippen LogP contribution < -0.4 is 10.1 Å². The standard InChI is InChI=1S/C21H17FN2O4S/c1-28-19-10-5-16(22)13-20(19)29(26,27)18-8-6-17(7-9-18)24-21(25)11-4-15-3-2-12-23-14-15/h2-14H,1H3,(H,24,25)/b11-4+. The van der Waals surface area contributed by atoms with Gasteiger partial charge in [0.1, 0.15) is 16.5 Å². The summed E-state index contributed by atoms with van der Waals surface area (Å²) in [4.78, 5) is 15.6. The zero-order valence-corrected chi connectivity index (χ0v) is 16.2. The molecule has 0 aliphatic carbocycles. The van der Waals surface area contributed by atoms with Crippen LogP contribution in [-0.4, -0.2) is 26.4 Å². The molecule has 0 atom stereocenters. The van der Waals surface area contributed by atoms with Crippen LogP contribution in [-0.2, 0) is 14.6 Å². The Balaban J connectivity index is 1.77. The summed E-state index contributed by atoms with van der Waals surface area (Å²) >= 11 is 0. The van der Waals surface area contributed by atoms with Gasteiger partial charge >= 0.3 is 0 Å². The van der Waals surface area contributed by atoms with E-state index in [4.69, 9.17) is 4.74 Å². The predicted octanol–water partition coefficient (Wildman–Crippen LogP) is 3.71. The highest BCUT2D eigenvalue weighted by atomic mass is 32.2. The van der Waals surface area contributed by atoms with Gasteiger partial charge < -0.3 is 10.1 Å². The molecule has 3 rings (SSSR count). The first-order chi connectivity index (χ1) is 13.9. The fraction of sp³-hybridized carbons (Fsp3) is 0.0476. The predicted molar refractivity (Wildman–Crippen MR) is 107 cm³/mol. The summed E-state index contributed by atoms with van der Waals surface area (Å²) in [5.41, 5.74) is 1.18. The summed E-state index contributed by atoms with van der Waals surface area (Å²) in [6.07, 6.45) is 6.20. The second kappa shape index (κ2) is 8.66. The SMILES string of the molecule is COc1ccc(F)cc1S(=O)(=O)c1ccc(NC(=O)/C=C/c2cccnc2)cc1. The average Bonchev–Trinajstić information content (AvgIpc) is 2.73. The Morgan fingerprint density at radius 3 is 2.55 bits per heavy atom. The number of benzene rings is 2. The number of nitrogens with one attached hydrogen (secondary N) is 1. The van der Waals surface area contributed by atoms with Crippen molar-refractivity contribution in [3.05, 3.63) is 84.4 Å². The van der Waals surface area contributed by atoms with Gasteiger partial charge in [0.05, 0.1) is 12.0 Å². The molecule has 6 nitrogen and oxygen atoms in total. The number of nitrogens with zero attached hydrogens (tertiary/aromatic N) is 1. The Bertz CT molecular complexity index is 1150. The smallest absolute Gasteiger partial charge is 0.248 e. The van der Waals surface area contributed by atoms with E-state index in [0.717, 1.165) is 17.7 Å². The zero-order chi connectivity index (χ0) is 20.9. The maximum absolute atomic E-state index is 13.6. The van der Waals surface area contributed by atoms with E-state index in [-0.39, 0.29) is 21.4 Å². The lowest BCUT2D eigenvalue weighted by molar-refractivity contribution is -0.111. The Morgan fingerprint density at radius 2 is 1.90 bits per heavy atom. The summed E-state index contributed by atoms with van der Waals surface area (Å²) in [5.74, 6) is -1.02. The van der Waals surface area contributed by atoms with Gasteiger partial charge in [0.15, 0.2) is 0 Å². The molecule has 2 aromatic carbocycles. The third-order valence-corrected chi connectivity index (χ3v) is 5.75. The van der Waals surface area contributed by atoms with Crippen molar-refractivity contribution in [2.45, 2.75) is 9.79 Å². The van der Waals surface area contributed by atoms with E-state index in [1.165, 1.54) is 43.5 Å². The van der Waals surface area contributed by atoms with Gasteiger partial charge in [0, 0.05) is 24.2 Å². The van der Waals surface area contributed by atoms with Crippen molar-refractivity contribution in [1.29, 1.82) is 0 Å². The molecule has 0 saturated heterocycles. The van der Waals surface area contributed by atoms with Gasteiger partial charge in [-0.25, -0.2) is 12.8 Å². The molecular formula is C21H17FN2O4S. The normalized spacial score (nSPS) is 11.4. The quantitative estimate of drug-likeness (QED) is 0.624. The number of sulfone groups is 1. The van der Waals surface area contributed by atoms with Gasteiger partial charge in [-0.05, 0) is 60.2 Å². The maximum Gasteiger partial charge on any atom is 0.248 e. The molecule has 0 radical (unpaired) electrons. The fourth-order valence-electron chi connectivity index (χ4n) is 2.54. The number of pyridine rings is 1. The number of carbonyl (C=O) groups excluding carboxylic acids is 1. The third kappa shape index (κ3) is 4.85. The van der Waals surface area contributed by atoms with Crippen molar-refractivity contribution < 1.29 is 22.3 Å². The van der Waals surface area contributed by atoms with E-state index in [0.29, 0.717) is 5.69 Å². The molecule has 1 heterocycles. The van der Waals surface area contributed by atoms with E-state index in [1.807, 2.05) is 0 Å². The average molecular weight is 412 g/mol. The number of hydrogen-bond donors (Lipinski definition) is 1. The molecule has 8 heteroatoms. The van der Waals surface area contributed by atoms with Crippen LogP contribution in [0.25, 0.3) is 6.08 Å². The number of aromatic nitrogens is 1. The number of rotatable bonds is 6. The molecule has 0 aliphatic rings. The lowest BCUT2D eigenvalue weighted by atomic mass is 10.2. The molecule has 29 heavy (non-hydrogen) atoms. The van der Waals surface area contributed by atoms with Crippen LogP contribution in [0.5, 0.6) is 5.75 Å². The first kappa shape index (κ1) is 20.2. The number of ether oxygens (including phenoxy) is 1. The van der Waals surface area contributed by atoms with Crippen molar-refractivity contribution in [2.24, 2.45) is 0 Å². The molecule has 148 valence electrons. The van der Waals surface area contributed by atoms with Crippen LogP contribution in [0, 0.1) is 5.82 Å². The van der Waals surface area contributed by atoms with Gasteiger partial charge in [0.25, 0.3) is 0 Å². The second-order valence-corrected chi connectivity index (χ2v) is 7.85. The monoisotopic (exact) mass is 412 g/mol. The molecule has 0 bridgehead atoms. The summed E-state index contributed by atoms with van der Waals surface area (Å²) in [6.45, 7) is 0. The molecule has 0 unspecified atom stereocenters. The first-order valence-electron chi connectivity index (χ1n) is 8.48. The fourth-order valence-corrected chi connectivity index (χ4v) is 3.97. The summed E-state index contributed by atoms with van der Waals surface area (Å²) in [5, 5.41) is 2.64. The number of halogens is 1. The van der Waals surface area contributed by atoms with E-state index in [1.54, 1.807) is 30.6 Å². The van der Waals surface area contributed by atoms with Crippen LogP contribution in [0.1, 0.15) is 5.56 Å². The summed E-state index contributed by atoms with van der Waals surface area (Å²) in [7, 11) is -2.68. The van der Waals surface area contributed by atoms with E-state index in [9.17, 15) is 17.6 Å². The number of anilines is 1. The first-order valence-corrected chi connectivity index (χ1v) is 9.96. The number of amides is 1. The van der Waals surface area contributed by atoms with E-state index < -0.39 is 15.7 Å². The van der Waals surface area contributed by atoms with Gasteiger partial charge in [-0.3, -0.25) is 9.78 Å². The zero-order valence-electron chi connectivity index (χ0n) is 15.4. The highest BCUT2D eigenvalue weighted by Crippen LogP contribution is 2.30. The van der Waals surface area contributed by atoms with Gasteiger partial charge in [-0.2, -0.15) is 0 Å². The van der Waals surface area contributed by atoms with E-state index in [2.05, 4.69) is 10.3 Å². The molecule has 0 aliphatic heterocycles. The molecule has 1 N–H and O–H groups in total. The summed E-state index contributed by atoms with van der Waals surface area (Å²) in [6, 6.07) is 12.4. The molecule has 0 spiro atoms. The molecule has 0 fully saturated rings. The van der Waals surface area contributed by atoms with Gasteiger partial charge in [-0.15, -0.1) is 0 Å². The van der Waals surface area contributed by atoms with Gasteiger partial charge in [0.2, 0.25) is 15.7 Å². The number of methoxy groups -OCH3 is 1. The van der Waals surface area contributed by atoms with Crippen LogP contribution in [0.4, 0.5) is 10.1 Å². The van der Waals surface area contributed by atoms with Crippen LogP contribution >= 0.6 is 0 Å². The topological polar surface area (TPSA) is 85.4 Å². The Hall–Kier alpha value is -3.52. The largest absolute Gasteiger partial charge is 0.495 e. The van der Waals surface area contributed by atoms with Crippen molar-refractivity contribution >= 4 is 27.5 Å². The van der Waals surface area contributed by atoms with E-state index >= 15 is 0 Å². The Morgan fingerprint density at radius 1 is 1.14 bits per heavy atom. The molecule has 1 aromatic heterocycles. The highest BCUT2D eigenvalue weighted by Gasteiger charge is 2.23. The second-order valence-electron chi connectivity index (χ2n) is 5.93. The van der Waals surface area contributed by atoms with Crippen molar-refractivity contribution in [3.63, 3.8) is 0 Å². The highest BCUT2D eigenvalue weighted by molar-refractivity contribution is 7.91. The lowest BCUT2D eigenvalue weighted by Gasteiger charge is -2.10. The van der Waals surface area contributed by atoms with Crippen LogP contribution in [0.2, 0.25) is 0 Å². The third-order valence-electron chi connectivity index (χ3n) is 3.96. The van der Waals surface area contributed by atoms with Crippen LogP contribution in [0.15, 0.2) is 82.9 Å². The number of carbonyl (C=O) groups is 1. The minimum atomic E-state index is -3.99. The minimum absolute atomic E-state index is 0.0457.